The molecule has 0 aromatic carbocycles. The van der Waals surface area contributed by atoms with Crippen LogP contribution in [0.25, 0.3) is 0 Å². The number of carbonyl (C=O) groups is 4. The highest BCUT2D eigenvalue weighted by atomic mass is 16.7. The van der Waals surface area contributed by atoms with E-state index in [0.717, 1.165) is 12.8 Å². The molecule has 1 atom stereocenters. The van der Waals surface area contributed by atoms with Crippen molar-refractivity contribution in [1.82, 2.24) is 0 Å². The summed E-state index contributed by atoms with van der Waals surface area (Å²) in [6.07, 6.45) is -3.22. The number of hydrogen-bond acceptors (Lipinski definition) is 10. The normalized spacial score (nSPS) is 9.67. The van der Waals surface area contributed by atoms with Gasteiger partial charge in [0, 0.05) is 0 Å². The van der Waals surface area contributed by atoms with E-state index >= 15 is 0 Å². The number of methoxy groups -OCH3 is 2. The minimum atomic E-state index is -1.45. The Hall–Kier alpha value is -2.92. The Morgan fingerprint density at radius 2 is 1.22 bits per heavy atom. The van der Waals surface area contributed by atoms with Gasteiger partial charge in [-0.1, -0.05) is 13.8 Å². The van der Waals surface area contributed by atoms with Crippen molar-refractivity contribution in [2.45, 2.75) is 39.7 Å². The van der Waals surface area contributed by atoms with Crippen molar-refractivity contribution in [2.75, 3.05) is 34.0 Å². The van der Waals surface area contributed by atoms with Gasteiger partial charge in [0.2, 0.25) is 0 Å². The lowest BCUT2D eigenvalue weighted by atomic mass is 10.4. The van der Waals surface area contributed by atoms with Gasteiger partial charge in [-0.05, 0) is 19.8 Å². The number of carboxylic acid groups (broad SMARTS) is 2. The number of carbonyl (C=O) groups excluding carboxylic acids is 2. The van der Waals surface area contributed by atoms with Gasteiger partial charge in [-0.25, -0.2) is 19.2 Å². The molecule has 0 amide bonds. The summed E-state index contributed by atoms with van der Waals surface area (Å²) in [6, 6.07) is 0. The molecule has 0 saturated heterocycles. The summed E-state index contributed by atoms with van der Waals surface area (Å²) in [4.78, 5) is 39.8. The number of hydrogen-bond donors (Lipinski definition) is 2. The molecule has 0 aliphatic rings. The molecule has 2 N–H and O–H groups in total. The summed E-state index contributed by atoms with van der Waals surface area (Å²) in [5.41, 5.74) is 0. The fraction of sp³-hybridized carbons (Fsp3) is 0.733. The molecule has 12 nitrogen and oxygen atoms in total. The van der Waals surface area contributed by atoms with Crippen molar-refractivity contribution in [3.63, 3.8) is 0 Å². The molecule has 0 aliphatic carbocycles. The zero-order chi connectivity index (χ0) is 21.7. The maximum absolute atomic E-state index is 10.5. The summed E-state index contributed by atoms with van der Waals surface area (Å²) in [6.45, 7) is 5.87. The molecular formula is C15H28O12. The average molecular weight is 400 g/mol. The van der Waals surface area contributed by atoms with Crippen LogP contribution >= 0.6 is 0 Å². The lowest BCUT2D eigenvalue weighted by Gasteiger charge is -2.08. The maximum atomic E-state index is 10.5. The van der Waals surface area contributed by atoms with Crippen LogP contribution in [0.3, 0.4) is 0 Å². The van der Waals surface area contributed by atoms with Crippen molar-refractivity contribution in [3.8, 4) is 0 Å². The van der Waals surface area contributed by atoms with Gasteiger partial charge in [0.1, 0.15) is 12.7 Å². The van der Waals surface area contributed by atoms with Crippen LogP contribution < -0.4 is 0 Å². The van der Waals surface area contributed by atoms with Gasteiger partial charge in [0.15, 0.2) is 0 Å². The highest BCUT2D eigenvalue weighted by Gasteiger charge is 2.09. The van der Waals surface area contributed by atoms with Gasteiger partial charge in [0.05, 0.1) is 27.4 Å². The monoisotopic (exact) mass is 400 g/mol. The minimum absolute atomic E-state index is 0.290. The average Bonchev–Trinajstić information content (AvgIpc) is 2.62. The van der Waals surface area contributed by atoms with E-state index < -0.39 is 30.7 Å². The predicted molar refractivity (Wildman–Crippen MR) is 89.8 cm³/mol. The highest BCUT2D eigenvalue weighted by molar-refractivity contribution is 5.59. The van der Waals surface area contributed by atoms with Crippen LogP contribution in [0.1, 0.15) is 33.6 Å². The van der Waals surface area contributed by atoms with Crippen LogP contribution in [-0.4, -0.2) is 75.0 Å². The molecule has 160 valence electrons. The van der Waals surface area contributed by atoms with Crippen LogP contribution in [0.15, 0.2) is 0 Å². The fourth-order valence-electron chi connectivity index (χ4n) is 0.891. The standard InChI is InChI=1S/C7H14O3.C5H8O6.C3H6O3/c1-3-5-9-7(8)10-6-4-2;1-3(11-5(8)9)2-10-4(6)7;1-5-3(4)6-2/h3-6H2,1-2H3;3H,2H2,1H3,(H,6,7)(H,8,9);1-2H3. The molecule has 0 heterocycles. The molecule has 27 heavy (non-hydrogen) atoms. The van der Waals surface area contributed by atoms with E-state index in [1.165, 1.54) is 21.1 Å². The van der Waals surface area contributed by atoms with E-state index in [2.05, 4.69) is 28.4 Å². The van der Waals surface area contributed by atoms with E-state index in [4.69, 9.17) is 10.2 Å². The second-order valence-corrected chi connectivity index (χ2v) is 4.38. The molecule has 0 spiro atoms. The van der Waals surface area contributed by atoms with Crippen LogP contribution in [0.4, 0.5) is 19.2 Å². The summed E-state index contributed by atoms with van der Waals surface area (Å²) in [5.74, 6) is 0. The van der Waals surface area contributed by atoms with Crippen LogP contribution in [0.5, 0.6) is 0 Å². The molecule has 0 bridgehead atoms. The fourth-order valence-corrected chi connectivity index (χ4v) is 0.891. The van der Waals surface area contributed by atoms with E-state index in [0.29, 0.717) is 13.2 Å². The largest absolute Gasteiger partial charge is 0.508 e. The van der Waals surface area contributed by atoms with Crippen molar-refractivity contribution < 1.29 is 57.8 Å². The second-order valence-electron chi connectivity index (χ2n) is 4.38. The first-order valence-corrected chi connectivity index (χ1v) is 7.81. The van der Waals surface area contributed by atoms with Crippen molar-refractivity contribution >= 4 is 24.6 Å². The Labute approximate surface area is 157 Å². The van der Waals surface area contributed by atoms with E-state index in [1.807, 2.05) is 13.8 Å². The van der Waals surface area contributed by atoms with E-state index in [-0.39, 0.29) is 6.61 Å². The van der Waals surface area contributed by atoms with Crippen molar-refractivity contribution in [3.05, 3.63) is 0 Å². The molecular weight excluding hydrogens is 372 g/mol. The Balaban J connectivity index is -0.000000334. The third-order valence-corrected chi connectivity index (χ3v) is 1.92. The summed E-state index contributed by atoms with van der Waals surface area (Å²) < 4.78 is 25.5. The van der Waals surface area contributed by atoms with Crippen LogP contribution in [0.2, 0.25) is 0 Å². The molecule has 0 aromatic heterocycles. The zero-order valence-corrected chi connectivity index (χ0v) is 16.1. The van der Waals surface area contributed by atoms with E-state index in [9.17, 15) is 19.2 Å². The van der Waals surface area contributed by atoms with E-state index in [1.54, 1.807) is 0 Å². The number of rotatable bonds is 7. The summed E-state index contributed by atoms with van der Waals surface area (Å²) >= 11 is 0. The summed E-state index contributed by atoms with van der Waals surface area (Å²) in [7, 11) is 2.51. The second kappa shape index (κ2) is 21.1. The first-order chi connectivity index (χ1) is 12.6. The Morgan fingerprint density at radius 3 is 1.48 bits per heavy atom. The zero-order valence-electron chi connectivity index (χ0n) is 16.1. The first-order valence-electron chi connectivity index (χ1n) is 7.81. The van der Waals surface area contributed by atoms with Gasteiger partial charge in [-0.15, -0.1) is 0 Å². The Bertz CT molecular complexity index is 394. The molecule has 12 heteroatoms. The van der Waals surface area contributed by atoms with Gasteiger partial charge >= 0.3 is 24.6 Å². The molecule has 0 rings (SSSR count). The summed E-state index contributed by atoms with van der Waals surface area (Å²) in [5, 5.41) is 16.0. The highest BCUT2D eigenvalue weighted by Crippen LogP contribution is 1.92. The smallest absolute Gasteiger partial charge is 0.450 e. The minimum Gasteiger partial charge on any atom is -0.450 e. The van der Waals surface area contributed by atoms with Gasteiger partial charge < -0.3 is 38.6 Å². The van der Waals surface area contributed by atoms with Crippen molar-refractivity contribution in [1.29, 1.82) is 0 Å². The van der Waals surface area contributed by atoms with Gasteiger partial charge in [0.25, 0.3) is 0 Å². The first kappa shape index (κ1) is 28.9. The topological polar surface area (TPSA) is 164 Å². The third kappa shape index (κ3) is 31.4. The maximum Gasteiger partial charge on any atom is 0.508 e. The SMILES string of the molecule is CC(COC(=O)O)OC(=O)O.CCCOC(=O)OCCC.COC(=O)OC. The quantitative estimate of drug-likeness (QED) is 0.474. The predicted octanol–water partition coefficient (Wildman–Crippen LogP) is 3.12. The molecule has 0 saturated carbocycles. The lowest BCUT2D eigenvalue weighted by Crippen LogP contribution is -2.20. The molecule has 0 aliphatic heterocycles. The molecule has 0 fully saturated rings. The lowest BCUT2D eigenvalue weighted by molar-refractivity contribution is 0.0122. The Kier molecular flexibility index (Phi) is 22.6. The van der Waals surface area contributed by atoms with Crippen LogP contribution in [-0.2, 0) is 28.4 Å². The molecule has 0 aromatic rings. The molecule has 1 unspecified atom stereocenters. The van der Waals surface area contributed by atoms with Gasteiger partial charge in [-0.3, -0.25) is 0 Å². The number of ether oxygens (including phenoxy) is 6. The molecule has 0 radical (unpaired) electrons. The van der Waals surface area contributed by atoms with Crippen LogP contribution in [0, 0.1) is 0 Å². The van der Waals surface area contributed by atoms with Gasteiger partial charge in [-0.2, -0.15) is 0 Å². The third-order valence-electron chi connectivity index (χ3n) is 1.92. The Morgan fingerprint density at radius 1 is 0.778 bits per heavy atom. The van der Waals surface area contributed by atoms with Crippen molar-refractivity contribution in [2.24, 2.45) is 0 Å².